The first-order chi connectivity index (χ1) is 1.41. The van der Waals surface area contributed by atoms with Crippen LogP contribution in [0.25, 0.3) is 0 Å². The predicted octanol–water partition coefficient (Wildman–Crippen LogP) is -1.34. The van der Waals surface area contributed by atoms with E-state index in [0.717, 1.165) is 0 Å². The van der Waals surface area contributed by atoms with Crippen molar-refractivity contribution < 1.29 is 0 Å². The maximum absolute atomic E-state index is 2.21. The Balaban J connectivity index is 0. The van der Waals surface area contributed by atoms with E-state index in [0.29, 0.717) is 0 Å². The van der Waals surface area contributed by atoms with Crippen LogP contribution in [-0.2, 0) is 0 Å². The van der Waals surface area contributed by atoms with Gasteiger partial charge in [0.25, 0.3) is 0 Å². The van der Waals surface area contributed by atoms with Crippen molar-refractivity contribution >= 4 is 42.5 Å². The average Bonchev–Trinajstić information content (AvgIpc) is 0.918. The Bertz CT molecular complexity index is 8.00. The molecular formula is CH9PSbSi. The van der Waals surface area contributed by atoms with Gasteiger partial charge in [-0.25, -0.2) is 0 Å². The molecule has 0 aliphatic carbocycles. The molecular weight excluding hydrogens is 193 g/mol. The van der Waals surface area contributed by atoms with Crippen molar-refractivity contribution in [1.29, 1.82) is 0 Å². The molecule has 1 atom stereocenters. The quantitative estimate of drug-likeness (QED) is 0.337. The molecule has 0 aromatic carbocycles. The van der Waals surface area contributed by atoms with Crippen LogP contribution in [-0.4, -0.2) is 41.0 Å². The molecule has 0 nitrogen and oxygen atoms in total. The summed E-state index contributed by atoms with van der Waals surface area (Å²) in [5.74, 6) is 0. The first-order valence-corrected chi connectivity index (χ1v) is 6.00. The molecule has 0 aromatic rings. The SMILES string of the molecule is CP[SiH3].[SbH2]. The predicted molar refractivity (Wildman–Crippen MR) is 32.7 cm³/mol. The van der Waals surface area contributed by atoms with Crippen LogP contribution in [0, 0.1) is 0 Å². The zero-order valence-corrected chi connectivity index (χ0v) is 9.37. The van der Waals surface area contributed by atoms with Crippen molar-refractivity contribution in [3.8, 4) is 0 Å². The molecule has 0 bridgehead atoms. The van der Waals surface area contributed by atoms with Gasteiger partial charge in [0.15, 0.2) is 0 Å². The normalized spacial score (nSPS) is 8.25. The average molecular weight is 202 g/mol. The molecule has 0 fully saturated rings. The van der Waals surface area contributed by atoms with Gasteiger partial charge in [-0.3, -0.25) is 0 Å². The van der Waals surface area contributed by atoms with Crippen LogP contribution in [0.3, 0.4) is 0 Å². The van der Waals surface area contributed by atoms with Crippen LogP contribution < -0.4 is 0 Å². The zero-order chi connectivity index (χ0) is 2.71. The summed E-state index contributed by atoms with van der Waals surface area (Å²) in [6.45, 7) is 2.21. The molecule has 27 valence electrons. The van der Waals surface area contributed by atoms with Gasteiger partial charge in [0.1, 0.15) is 0 Å². The molecule has 4 heavy (non-hydrogen) atoms. The number of hydrogen-bond donors (Lipinski definition) is 0. The Labute approximate surface area is 49.2 Å². The topological polar surface area (TPSA) is 0 Å². The van der Waals surface area contributed by atoms with Crippen molar-refractivity contribution in [2.75, 3.05) is 6.66 Å². The van der Waals surface area contributed by atoms with E-state index in [2.05, 4.69) is 6.66 Å². The summed E-state index contributed by atoms with van der Waals surface area (Å²) in [7, 11) is 2.62. The molecule has 0 N–H and O–H groups in total. The molecule has 1 radical (unpaired) electrons. The van der Waals surface area contributed by atoms with Gasteiger partial charge in [0.2, 0.25) is 0 Å². The Kier molecular flexibility index (Phi) is 20.0. The van der Waals surface area contributed by atoms with E-state index in [9.17, 15) is 0 Å². The van der Waals surface area contributed by atoms with E-state index < -0.39 is 0 Å². The van der Waals surface area contributed by atoms with E-state index in [1.165, 1.54) is 18.0 Å². The second-order valence-electron chi connectivity index (χ2n) is 0.500. The third-order valence-corrected chi connectivity index (χ3v) is 0. The van der Waals surface area contributed by atoms with Gasteiger partial charge in [-0.05, 0) is 0 Å². The van der Waals surface area contributed by atoms with Crippen LogP contribution in [0.4, 0.5) is 0 Å². The van der Waals surface area contributed by atoms with Gasteiger partial charge < -0.3 is 0 Å². The Hall–Kier alpha value is 1.47. The summed E-state index contributed by atoms with van der Waals surface area (Å²) in [5, 5.41) is 0. The second-order valence-corrected chi connectivity index (χ2v) is 4.50. The molecule has 0 amide bonds. The monoisotopic (exact) mass is 201 g/mol. The summed E-state index contributed by atoms with van der Waals surface area (Å²) < 4.78 is 0. The Morgan fingerprint density at radius 1 is 1.75 bits per heavy atom. The van der Waals surface area contributed by atoms with Gasteiger partial charge in [-0.1, -0.05) is 6.66 Å². The molecule has 0 saturated carbocycles. The molecule has 0 spiro atoms. The summed E-state index contributed by atoms with van der Waals surface area (Å²) in [4.78, 5) is 0. The molecule has 0 saturated heterocycles. The summed E-state index contributed by atoms with van der Waals surface area (Å²) in [6.07, 6.45) is 0. The van der Waals surface area contributed by atoms with Gasteiger partial charge in [-0.15, -0.1) is 8.13 Å². The van der Waals surface area contributed by atoms with Crippen LogP contribution in [0.15, 0.2) is 0 Å². The first-order valence-electron chi connectivity index (χ1n) is 1.00. The zero-order valence-electron chi connectivity index (χ0n) is 3.08. The van der Waals surface area contributed by atoms with Gasteiger partial charge >= 0.3 is 24.4 Å². The van der Waals surface area contributed by atoms with E-state index in [1.54, 1.807) is 0 Å². The molecule has 0 aliphatic heterocycles. The van der Waals surface area contributed by atoms with E-state index >= 15 is 0 Å². The molecule has 0 aliphatic rings. The van der Waals surface area contributed by atoms with Crippen molar-refractivity contribution in [3.63, 3.8) is 0 Å². The fraction of sp³-hybridized carbons (Fsp3) is 1.00. The fourth-order valence-corrected chi connectivity index (χ4v) is 0. The van der Waals surface area contributed by atoms with Gasteiger partial charge in [-0.2, -0.15) is 0 Å². The van der Waals surface area contributed by atoms with Crippen molar-refractivity contribution in [2.24, 2.45) is 0 Å². The molecule has 1 unspecified atom stereocenters. The molecule has 0 heterocycles. The van der Waals surface area contributed by atoms with E-state index in [1.807, 2.05) is 0 Å². The number of rotatable bonds is 0. The van der Waals surface area contributed by atoms with Crippen molar-refractivity contribution in [3.05, 3.63) is 0 Å². The minimum absolute atomic E-state index is 0. The molecule has 3 heteroatoms. The van der Waals surface area contributed by atoms with Crippen LogP contribution in [0.1, 0.15) is 0 Å². The maximum atomic E-state index is 2.21. The van der Waals surface area contributed by atoms with Crippen LogP contribution in [0.5, 0.6) is 0 Å². The van der Waals surface area contributed by atoms with Crippen LogP contribution >= 0.6 is 8.13 Å². The molecule has 0 rings (SSSR count). The number of hydrogen-bond acceptors (Lipinski definition) is 0. The molecule has 0 aromatic heterocycles. The van der Waals surface area contributed by atoms with Gasteiger partial charge in [0, 0.05) is 9.91 Å². The summed E-state index contributed by atoms with van der Waals surface area (Å²) >= 11 is 0. The van der Waals surface area contributed by atoms with Crippen LogP contribution in [0.2, 0.25) is 0 Å². The Morgan fingerprint density at radius 2 is 1.75 bits per heavy atom. The van der Waals surface area contributed by atoms with Gasteiger partial charge in [0.05, 0.1) is 0 Å². The second kappa shape index (κ2) is 8.82. The third-order valence-electron chi connectivity index (χ3n) is 0. The summed E-state index contributed by atoms with van der Waals surface area (Å²) in [5.41, 5.74) is 0. The van der Waals surface area contributed by atoms with Crippen molar-refractivity contribution in [2.45, 2.75) is 0 Å². The van der Waals surface area contributed by atoms with Crippen molar-refractivity contribution in [1.82, 2.24) is 0 Å². The fourth-order valence-electron chi connectivity index (χ4n) is 0. The van der Waals surface area contributed by atoms with E-state index in [4.69, 9.17) is 0 Å². The Morgan fingerprint density at radius 3 is 1.75 bits per heavy atom. The van der Waals surface area contributed by atoms with E-state index in [-0.39, 0.29) is 24.4 Å². The first kappa shape index (κ1) is 9.07. The summed E-state index contributed by atoms with van der Waals surface area (Å²) in [6, 6.07) is 0. The minimum atomic E-state index is 0. The third kappa shape index (κ3) is 9.81. The standard InChI is InChI=1S/CH7PSi.Sb.2H/c1-2-3;;;/h2H,1,3H3;;;.